The molecule has 9 heteroatoms. The van der Waals surface area contributed by atoms with Crippen molar-refractivity contribution in [1.82, 2.24) is 25.8 Å². The molecule has 9 nitrogen and oxygen atoms in total. The standard InChI is InChI=1S/C26H31N7O2/c1-16(2)18-12-23(32-29-15-18)31-22-8-7-20-21(30-22)11-19(14-28-20)17-9-10-27-24(13-17)33(6)25(34)35-26(3,4)5/h7-16,29,32H,1-6H3,(H,30,31). The number of amides is 1. The first-order chi connectivity index (χ1) is 16.6. The zero-order valence-corrected chi connectivity index (χ0v) is 20.9. The van der Waals surface area contributed by atoms with Gasteiger partial charge in [0.25, 0.3) is 0 Å². The molecule has 0 saturated carbocycles. The van der Waals surface area contributed by atoms with Crippen LogP contribution in [0.15, 0.2) is 66.4 Å². The van der Waals surface area contributed by atoms with Gasteiger partial charge in [-0.3, -0.25) is 15.3 Å². The average Bonchev–Trinajstić information content (AvgIpc) is 2.82. The first-order valence-corrected chi connectivity index (χ1v) is 11.5. The number of pyridine rings is 3. The normalized spacial score (nSPS) is 13.5. The molecular formula is C26H31N7O2. The van der Waals surface area contributed by atoms with Crippen LogP contribution in [0.5, 0.6) is 0 Å². The molecular weight excluding hydrogens is 442 g/mol. The van der Waals surface area contributed by atoms with Crippen LogP contribution in [0.2, 0.25) is 0 Å². The number of ether oxygens (including phenoxy) is 1. The number of carbonyl (C=O) groups is 1. The van der Waals surface area contributed by atoms with E-state index >= 15 is 0 Å². The Kier molecular flexibility index (Phi) is 6.59. The highest BCUT2D eigenvalue weighted by atomic mass is 16.6. The smallest absolute Gasteiger partial charge is 0.415 e. The lowest BCUT2D eigenvalue weighted by atomic mass is 10.0. The molecule has 1 aliphatic rings. The number of rotatable bonds is 5. The second-order valence-corrected chi connectivity index (χ2v) is 9.65. The monoisotopic (exact) mass is 473 g/mol. The van der Waals surface area contributed by atoms with Crippen molar-refractivity contribution in [2.24, 2.45) is 5.92 Å². The van der Waals surface area contributed by atoms with Crippen molar-refractivity contribution in [3.8, 4) is 11.1 Å². The van der Waals surface area contributed by atoms with Gasteiger partial charge in [0.15, 0.2) is 0 Å². The third-order valence-corrected chi connectivity index (χ3v) is 5.31. The van der Waals surface area contributed by atoms with E-state index in [0.29, 0.717) is 17.6 Å². The van der Waals surface area contributed by atoms with Gasteiger partial charge < -0.3 is 15.5 Å². The fraction of sp³-hybridized carbons (Fsp3) is 0.308. The van der Waals surface area contributed by atoms with Crippen LogP contribution in [0.1, 0.15) is 34.6 Å². The number of allylic oxidation sites excluding steroid dienone is 2. The quantitative estimate of drug-likeness (QED) is 0.477. The summed E-state index contributed by atoms with van der Waals surface area (Å²) in [6.45, 7) is 9.78. The van der Waals surface area contributed by atoms with Crippen LogP contribution in [0.3, 0.4) is 0 Å². The van der Waals surface area contributed by atoms with Crippen LogP contribution in [-0.2, 0) is 4.74 Å². The number of carbonyl (C=O) groups excluding carboxylic acids is 1. The lowest BCUT2D eigenvalue weighted by Gasteiger charge is -2.24. The Balaban J connectivity index is 1.58. The maximum absolute atomic E-state index is 12.5. The van der Waals surface area contributed by atoms with E-state index in [1.54, 1.807) is 19.4 Å². The molecule has 4 rings (SSSR count). The summed E-state index contributed by atoms with van der Waals surface area (Å²) in [5, 5.41) is 3.31. The number of nitrogens with one attached hydrogen (secondary N) is 3. The van der Waals surface area contributed by atoms with Crippen LogP contribution in [0.4, 0.5) is 16.4 Å². The molecule has 0 fully saturated rings. The third-order valence-electron chi connectivity index (χ3n) is 5.31. The molecule has 35 heavy (non-hydrogen) atoms. The highest BCUT2D eigenvalue weighted by Gasteiger charge is 2.21. The number of hydrazine groups is 1. The van der Waals surface area contributed by atoms with Crippen LogP contribution in [0, 0.1) is 5.92 Å². The molecule has 0 aliphatic carbocycles. The summed E-state index contributed by atoms with van der Waals surface area (Å²) in [6, 6.07) is 9.50. The van der Waals surface area contributed by atoms with Gasteiger partial charge >= 0.3 is 6.09 Å². The minimum atomic E-state index is -0.589. The molecule has 1 amide bonds. The Morgan fingerprint density at radius 1 is 1.09 bits per heavy atom. The van der Waals surface area contributed by atoms with Crippen molar-refractivity contribution >= 4 is 28.8 Å². The van der Waals surface area contributed by atoms with Crippen molar-refractivity contribution in [3.05, 3.63) is 66.4 Å². The Hall–Kier alpha value is -4.14. The van der Waals surface area contributed by atoms with Gasteiger partial charge in [-0.05, 0) is 74.2 Å². The first kappa shape index (κ1) is 24.0. The minimum Gasteiger partial charge on any atom is -0.443 e. The van der Waals surface area contributed by atoms with E-state index in [2.05, 4.69) is 46.1 Å². The van der Waals surface area contributed by atoms with Crippen molar-refractivity contribution in [1.29, 1.82) is 0 Å². The van der Waals surface area contributed by atoms with Crippen LogP contribution >= 0.6 is 0 Å². The van der Waals surface area contributed by atoms with Crippen molar-refractivity contribution < 1.29 is 9.53 Å². The summed E-state index contributed by atoms with van der Waals surface area (Å²) in [6.07, 6.45) is 6.99. The first-order valence-electron chi connectivity index (χ1n) is 11.5. The number of hydrogen-bond acceptors (Lipinski definition) is 8. The highest BCUT2D eigenvalue weighted by Crippen LogP contribution is 2.26. The van der Waals surface area contributed by atoms with Crippen LogP contribution in [0.25, 0.3) is 22.2 Å². The predicted octanol–water partition coefficient (Wildman–Crippen LogP) is 4.96. The maximum Gasteiger partial charge on any atom is 0.415 e. The van der Waals surface area contributed by atoms with Gasteiger partial charge in [-0.1, -0.05) is 13.8 Å². The second-order valence-electron chi connectivity index (χ2n) is 9.65. The predicted molar refractivity (Wildman–Crippen MR) is 138 cm³/mol. The summed E-state index contributed by atoms with van der Waals surface area (Å²) in [5.74, 6) is 2.40. The molecule has 0 bridgehead atoms. The largest absolute Gasteiger partial charge is 0.443 e. The maximum atomic E-state index is 12.5. The zero-order valence-electron chi connectivity index (χ0n) is 20.9. The average molecular weight is 474 g/mol. The Bertz CT molecular complexity index is 1310. The van der Waals surface area contributed by atoms with E-state index in [1.165, 1.54) is 10.5 Å². The molecule has 3 N–H and O–H groups in total. The zero-order chi connectivity index (χ0) is 25.2. The fourth-order valence-electron chi connectivity index (χ4n) is 3.42. The molecule has 0 unspecified atom stereocenters. The van der Waals surface area contributed by atoms with E-state index < -0.39 is 11.7 Å². The molecule has 1 aliphatic heterocycles. The second kappa shape index (κ2) is 9.61. The summed E-state index contributed by atoms with van der Waals surface area (Å²) in [4.78, 5) is 27.5. The summed E-state index contributed by atoms with van der Waals surface area (Å²) >= 11 is 0. The van der Waals surface area contributed by atoms with Crippen LogP contribution < -0.4 is 21.1 Å². The molecule has 0 aromatic carbocycles. The van der Waals surface area contributed by atoms with Gasteiger partial charge in [-0.25, -0.2) is 14.8 Å². The molecule has 4 heterocycles. The van der Waals surface area contributed by atoms with E-state index in [1.807, 2.05) is 57.3 Å². The van der Waals surface area contributed by atoms with E-state index in [0.717, 1.165) is 28.0 Å². The summed E-state index contributed by atoms with van der Waals surface area (Å²) in [5.41, 5.74) is 10.0. The highest BCUT2D eigenvalue weighted by molar-refractivity contribution is 5.87. The van der Waals surface area contributed by atoms with E-state index in [-0.39, 0.29) is 0 Å². The molecule has 0 atom stereocenters. The Labute approximate surface area is 205 Å². The topological polar surface area (TPSA) is 104 Å². The molecule has 182 valence electrons. The number of fused-ring (bicyclic) bond motifs is 1. The molecule has 0 saturated heterocycles. The van der Waals surface area contributed by atoms with Crippen molar-refractivity contribution in [2.75, 3.05) is 17.3 Å². The number of aromatic nitrogens is 3. The number of nitrogens with zero attached hydrogens (tertiary/aromatic N) is 4. The van der Waals surface area contributed by atoms with E-state index in [4.69, 9.17) is 9.72 Å². The van der Waals surface area contributed by atoms with Crippen LogP contribution in [-0.4, -0.2) is 33.7 Å². The van der Waals surface area contributed by atoms with Crippen molar-refractivity contribution in [2.45, 2.75) is 40.2 Å². The summed E-state index contributed by atoms with van der Waals surface area (Å²) < 4.78 is 5.45. The van der Waals surface area contributed by atoms with Gasteiger partial charge in [0.05, 0.1) is 11.0 Å². The van der Waals surface area contributed by atoms with Gasteiger partial charge in [0, 0.05) is 31.2 Å². The summed E-state index contributed by atoms with van der Waals surface area (Å²) in [7, 11) is 1.64. The molecule has 0 spiro atoms. The third kappa shape index (κ3) is 5.87. The van der Waals surface area contributed by atoms with Crippen molar-refractivity contribution in [3.63, 3.8) is 0 Å². The lowest BCUT2D eigenvalue weighted by molar-refractivity contribution is 0.0588. The Morgan fingerprint density at radius 3 is 2.63 bits per heavy atom. The minimum absolute atomic E-state index is 0.400. The molecule has 3 aromatic rings. The molecule has 0 radical (unpaired) electrons. The fourth-order valence-corrected chi connectivity index (χ4v) is 3.42. The number of hydrogen-bond donors (Lipinski definition) is 3. The lowest BCUT2D eigenvalue weighted by Crippen LogP contribution is -2.34. The number of anilines is 2. The van der Waals surface area contributed by atoms with Gasteiger partial charge in [0.2, 0.25) is 0 Å². The SMILES string of the molecule is CC(C)C1=CNNC(Nc2ccc3ncc(-c4ccnc(N(C)C(=O)OC(C)(C)C)c4)cc3n2)=C1. The Morgan fingerprint density at radius 2 is 1.89 bits per heavy atom. The van der Waals surface area contributed by atoms with E-state index in [9.17, 15) is 4.79 Å². The van der Waals surface area contributed by atoms with Gasteiger partial charge in [-0.2, -0.15) is 0 Å². The van der Waals surface area contributed by atoms with Gasteiger partial charge in [0.1, 0.15) is 23.1 Å². The molecule has 3 aromatic heterocycles. The van der Waals surface area contributed by atoms with Gasteiger partial charge in [-0.15, -0.1) is 0 Å².